The lowest BCUT2D eigenvalue weighted by molar-refractivity contribution is -0.129. The van der Waals surface area contributed by atoms with Crippen LogP contribution in [0.15, 0.2) is 10.8 Å². The predicted octanol–water partition coefficient (Wildman–Crippen LogP) is 1.62. The minimum Gasteiger partial charge on any atom is -0.448 e. The van der Waals surface area contributed by atoms with E-state index in [0.29, 0.717) is 31.0 Å². The SMILES string of the molecule is Cc1ocnc1C(=O)N1CCC2(CC1)CC(=O)N(C[C@@H]1CCCO1)C2. The summed E-state index contributed by atoms with van der Waals surface area (Å²) in [6.45, 7) is 5.44. The Morgan fingerprint density at radius 1 is 1.40 bits per heavy atom. The molecular formula is C18H25N3O4. The van der Waals surface area contributed by atoms with E-state index in [1.54, 1.807) is 6.92 Å². The molecule has 4 heterocycles. The zero-order valence-electron chi connectivity index (χ0n) is 14.7. The molecule has 0 N–H and O–H groups in total. The Hall–Kier alpha value is -1.89. The number of oxazole rings is 1. The third-order valence-corrected chi connectivity index (χ3v) is 5.91. The summed E-state index contributed by atoms with van der Waals surface area (Å²) in [5.41, 5.74) is 0.421. The first-order valence-corrected chi connectivity index (χ1v) is 9.15. The zero-order chi connectivity index (χ0) is 17.4. The zero-order valence-corrected chi connectivity index (χ0v) is 14.7. The quantitative estimate of drug-likeness (QED) is 0.830. The van der Waals surface area contributed by atoms with Crippen LogP contribution in [0.3, 0.4) is 0 Å². The van der Waals surface area contributed by atoms with Crippen molar-refractivity contribution in [2.75, 3.05) is 32.8 Å². The van der Waals surface area contributed by atoms with Gasteiger partial charge in [-0.2, -0.15) is 0 Å². The Balaban J connectivity index is 1.35. The van der Waals surface area contributed by atoms with Crippen LogP contribution in [0, 0.1) is 12.3 Å². The second-order valence-electron chi connectivity index (χ2n) is 7.64. The van der Waals surface area contributed by atoms with E-state index in [2.05, 4.69) is 4.98 Å². The summed E-state index contributed by atoms with van der Waals surface area (Å²) in [7, 11) is 0. The van der Waals surface area contributed by atoms with E-state index in [1.165, 1.54) is 6.39 Å². The van der Waals surface area contributed by atoms with Crippen LogP contribution in [-0.4, -0.2) is 65.5 Å². The highest BCUT2D eigenvalue weighted by molar-refractivity contribution is 5.93. The van der Waals surface area contributed by atoms with Gasteiger partial charge in [0.1, 0.15) is 5.76 Å². The summed E-state index contributed by atoms with van der Waals surface area (Å²) in [5, 5.41) is 0. The molecule has 1 spiro atoms. The minimum absolute atomic E-state index is 0.0192. The molecule has 0 unspecified atom stereocenters. The number of ether oxygens (including phenoxy) is 1. The maximum Gasteiger partial charge on any atom is 0.276 e. The average molecular weight is 347 g/mol. The molecule has 3 fully saturated rings. The van der Waals surface area contributed by atoms with Gasteiger partial charge in [-0.1, -0.05) is 0 Å². The van der Waals surface area contributed by atoms with Crippen molar-refractivity contribution in [3.8, 4) is 0 Å². The molecule has 2 amide bonds. The summed E-state index contributed by atoms with van der Waals surface area (Å²) in [6.07, 6.45) is 5.99. The molecule has 3 aliphatic rings. The van der Waals surface area contributed by atoms with Crippen LogP contribution >= 0.6 is 0 Å². The fourth-order valence-electron chi connectivity index (χ4n) is 4.36. The van der Waals surface area contributed by atoms with Gasteiger partial charge in [-0.3, -0.25) is 9.59 Å². The number of amides is 2. The molecule has 7 nitrogen and oxygen atoms in total. The van der Waals surface area contributed by atoms with E-state index in [-0.39, 0.29) is 23.3 Å². The van der Waals surface area contributed by atoms with E-state index in [9.17, 15) is 9.59 Å². The summed E-state index contributed by atoms with van der Waals surface area (Å²) in [4.78, 5) is 32.8. The highest BCUT2D eigenvalue weighted by Gasteiger charge is 2.46. The second-order valence-corrected chi connectivity index (χ2v) is 7.64. The number of likely N-dealkylation sites (tertiary alicyclic amines) is 2. The summed E-state index contributed by atoms with van der Waals surface area (Å²) < 4.78 is 10.8. The van der Waals surface area contributed by atoms with Crippen molar-refractivity contribution in [2.24, 2.45) is 5.41 Å². The summed E-state index contributed by atoms with van der Waals surface area (Å²) in [6, 6.07) is 0. The van der Waals surface area contributed by atoms with Crippen LogP contribution in [0.2, 0.25) is 0 Å². The van der Waals surface area contributed by atoms with Gasteiger partial charge in [0, 0.05) is 44.6 Å². The second kappa shape index (κ2) is 6.44. The number of hydrogen-bond acceptors (Lipinski definition) is 5. The molecule has 1 aromatic heterocycles. The lowest BCUT2D eigenvalue weighted by atomic mass is 9.77. The van der Waals surface area contributed by atoms with E-state index >= 15 is 0 Å². The molecule has 0 bridgehead atoms. The average Bonchev–Trinajstić information content (AvgIpc) is 3.31. The van der Waals surface area contributed by atoms with Crippen molar-refractivity contribution in [1.82, 2.24) is 14.8 Å². The van der Waals surface area contributed by atoms with Gasteiger partial charge in [-0.25, -0.2) is 4.98 Å². The number of carbonyl (C=O) groups is 2. The first-order valence-electron chi connectivity index (χ1n) is 9.15. The van der Waals surface area contributed by atoms with Crippen LogP contribution < -0.4 is 0 Å². The van der Waals surface area contributed by atoms with Crippen molar-refractivity contribution in [1.29, 1.82) is 0 Å². The molecule has 0 saturated carbocycles. The van der Waals surface area contributed by atoms with Gasteiger partial charge in [0.25, 0.3) is 5.91 Å². The Labute approximate surface area is 147 Å². The molecule has 3 aliphatic heterocycles. The lowest BCUT2D eigenvalue weighted by Crippen LogP contribution is -2.45. The number of rotatable bonds is 3. The molecule has 0 aromatic carbocycles. The minimum atomic E-state index is -0.0679. The number of aryl methyl sites for hydroxylation is 1. The number of aromatic nitrogens is 1. The number of carbonyl (C=O) groups excluding carboxylic acids is 2. The van der Waals surface area contributed by atoms with Crippen LogP contribution in [0.25, 0.3) is 0 Å². The van der Waals surface area contributed by atoms with E-state index < -0.39 is 0 Å². The molecule has 1 aromatic rings. The predicted molar refractivity (Wildman–Crippen MR) is 89.0 cm³/mol. The standard InChI is InChI=1S/C18H25N3O4/c1-13-16(19-12-25-13)17(23)20-6-4-18(5-7-20)9-15(22)21(11-18)10-14-3-2-8-24-14/h12,14H,2-11H2,1H3/t14-/m0/s1. The van der Waals surface area contributed by atoms with Gasteiger partial charge >= 0.3 is 0 Å². The Morgan fingerprint density at radius 2 is 2.20 bits per heavy atom. The number of hydrogen-bond donors (Lipinski definition) is 0. The van der Waals surface area contributed by atoms with Gasteiger partial charge in [0.15, 0.2) is 12.1 Å². The molecule has 3 saturated heterocycles. The maximum atomic E-state index is 12.6. The molecule has 0 aliphatic carbocycles. The Bertz CT molecular complexity index is 657. The molecule has 136 valence electrons. The first-order chi connectivity index (χ1) is 12.1. The highest BCUT2D eigenvalue weighted by atomic mass is 16.5. The van der Waals surface area contributed by atoms with Gasteiger partial charge < -0.3 is 19.0 Å². The van der Waals surface area contributed by atoms with Crippen molar-refractivity contribution in [3.05, 3.63) is 17.8 Å². The number of nitrogens with zero attached hydrogens (tertiary/aromatic N) is 3. The summed E-state index contributed by atoms with van der Waals surface area (Å²) in [5.74, 6) is 0.730. The van der Waals surface area contributed by atoms with E-state index in [4.69, 9.17) is 9.15 Å². The fourth-order valence-corrected chi connectivity index (χ4v) is 4.36. The normalized spacial score (nSPS) is 26.0. The smallest absolute Gasteiger partial charge is 0.276 e. The summed E-state index contributed by atoms with van der Waals surface area (Å²) >= 11 is 0. The Kier molecular flexibility index (Phi) is 4.27. The van der Waals surface area contributed by atoms with Crippen LogP contribution in [-0.2, 0) is 9.53 Å². The number of piperidine rings is 1. The highest BCUT2D eigenvalue weighted by Crippen LogP contribution is 2.41. The van der Waals surface area contributed by atoms with Gasteiger partial charge in [-0.15, -0.1) is 0 Å². The van der Waals surface area contributed by atoms with Crippen molar-refractivity contribution >= 4 is 11.8 Å². The molecule has 7 heteroatoms. The molecule has 1 atom stereocenters. The van der Waals surface area contributed by atoms with Crippen molar-refractivity contribution in [3.63, 3.8) is 0 Å². The topological polar surface area (TPSA) is 75.9 Å². The van der Waals surface area contributed by atoms with Gasteiger partial charge in [0.2, 0.25) is 5.91 Å². The van der Waals surface area contributed by atoms with Crippen molar-refractivity contribution < 1.29 is 18.7 Å². The largest absolute Gasteiger partial charge is 0.448 e. The molecule has 25 heavy (non-hydrogen) atoms. The van der Waals surface area contributed by atoms with E-state index in [0.717, 1.165) is 45.4 Å². The molecule has 0 radical (unpaired) electrons. The third-order valence-electron chi connectivity index (χ3n) is 5.91. The van der Waals surface area contributed by atoms with E-state index in [1.807, 2.05) is 9.80 Å². The third kappa shape index (κ3) is 3.17. The molecular weight excluding hydrogens is 322 g/mol. The van der Waals surface area contributed by atoms with Gasteiger partial charge in [-0.05, 0) is 32.6 Å². The van der Waals surface area contributed by atoms with Crippen LogP contribution in [0.1, 0.15) is 48.4 Å². The lowest BCUT2D eigenvalue weighted by Gasteiger charge is -2.38. The fraction of sp³-hybridized carbons (Fsp3) is 0.722. The van der Waals surface area contributed by atoms with Crippen molar-refractivity contribution in [2.45, 2.75) is 45.1 Å². The van der Waals surface area contributed by atoms with Gasteiger partial charge in [0.05, 0.1) is 6.10 Å². The van der Waals surface area contributed by atoms with Crippen LogP contribution in [0.4, 0.5) is 0 Å². The molecule has 4 rings (SSSR count). The van der Waals surface area contributed by atoms with Crippen LogP contribution in [0.5, 0.6) is 0 Å². The first kappa shape index (κ1) is 16.6. The Morgan fingerprint density at radius 3 is 2.84 bits per heavy atom. The monoisotopic (exact) mass is 347 g/mol. The maximum absolute atomic E-state index is 12.6.